The van der Waals surface area contributed by atoms with Gasteiger partial charge < -0.3 is 30.2 Å². The number of β-lactam (4-membered cyclic amide) rings is 1. The minimum Gasteiger partial charge on any atom is -0.543 e. The van der Waals surface area contributed by atoms with Crippen molar-refractivity contribution in [2.75, 3.05) is 18.1 Å². The molecule has 1 saturated heterocycles. The molecule has 0 aromatic carbocycles. The van der Waals surface area contributed by atoms with Crippen LogP contribution in [0.3, 0.4) is 0 Å². The van der Waals surface area contributed by atoms with Gasteiger partial charge >= 0.3 is 0 Å². The van der Waals surface area contributed by atoms with Crippen molar-refractivity contribution < 1.29 is 28.9 Å². The van der Waals surface area contributed by atoms with Crippen LogP contribution in [-0.4, -0.2) is 61.6 Å². The summed E-state index contributed by atoms with van der Waals surface area (Å²) in [5.41, 5.74) is 7.11. The van der Waals surface area contributed by atoms with Crippen LogP contribution in [0.2, 0.25) is 0 Å². The summed E-state index contributed by atoms with van der Waals surface area (Å²) in [5.74, 6) is -2.30. The second-order valence-corrected chi connectivity index (χ2v) is 9.96. The highest BCUT2D eigenvalue weighted by Crippen LogP contribution is 2.40. The molecule has 5 rings (SSSR count). The molecule has 3 N–H and O–H groups in total. The van der Waals surface area contributed by atoms with Gasteiger partial charge in [-0.05, 0) is 19.1 Å². The van der Waals surface area contributed by atoms with Crippen molar-refractivity contribution in [1.29, 1.82) is 0 Å². The number of hydrogen-bond acceptors (Lipinski definition) is 10. The fourth-order valence-electron chi connectivity index (χ4n) is 4.07. The van der Waals surface area contributed by atoms with E-state index in [2.05, 4.69) is 15.5 Å². The Kier molecular flexibility index (Phi) is 6.36. The normalized spacial score (nSPS) is 19.8. The molecule has 36 heavy (non-hydrogen) atoms. The third kappa shape index (κ3) is 4.28. The minimum absolute atomic E-state index is 0.120. The Labute approximate surface area is 213 Å². The van der Waals surface area contributed by atoms with E-state index in [1.54, 1.807) is 12.3 Å². The van der Waals surface area contributed by atoms with E-state index in [1.807, 2.05) is 45.9 Å². The van der Waals surface area contributed by atoms with E-state index in [9.17, 15) is 19.5 Å². The number of nitrogen functional groups attached to an aromatic ring is 1. The Balaban J connectivity index is 1.35. The number of rotatable bonds is 8. The third-order valence-electron chi connectivity index (χ3n) is 5.69. The molecule has 2 atom stereocenters. The molecule has 0 saturated carbocycles. The maximum Gasteiger partial charge on any atom is 0.276 e. The van der Waals surface area contributed by atoms with E-state index in [0.29, 0.717) is 11.3 Å². The van der Waals surface area contributed by atoms with Crippen molar-refractivity contribution in [1.82, 2.24) is 19.6 Å². The number of carbonyl (C=O) groups is 3. The van der Waals surface area contributed by atoms with Crippen molar-refractivity contribution >= 4 is 57.2 Å². The van der Waals surface area contributed by atoms with Crippen LogP contribution in [0.1, 0.15) is 12.6 Å². The van der Waals surface area contributed by atoms with Crippen LogP contribution in [0.5, 0.6) is 0 Å². The van der Waals surface area contributed by atoms with Crippen LogP contribution in [0.25, 0.3) is 5.52 Å². The minimum atomic E-state index is -1.44. The van der Waals surface area contributed by atoms with E-state index in [0.717, 1.165) is 16.9 Å². The summed E-state index contributed by atoms with van der Waals surface area (Å²) < 4.78 is 3.79. The molecule has 12 nitrogen and oxygen atoms in total. The molecule has 2 aliphatic heterocycles. The number of nitrogens with one attached hydrogen (secondary N) is 1. The van der Waals surface area contributed by atoms with E-state index >= 15 is 0 Å². The standard InChI is InChI=1S/C22H21N7O5S2/c1-2-34-26-15(14-11-36-22(23)24-14)18(30)25-16-19(31)29-17(21(32)33)12(10-35-20(16)29)8-27-6-7-28-5-3-4-13(28)9-27/h3-7,9,11,16,20H,2,8,10H2,1H3,(H3-,23,24,25,30,32,33)/b26-15-/t16-,20-/m1/s1. The number of thiazole rings is 1. The SMILES string of the molecule is CCO/N=C(\C(=O)N[C@@H]1C(=O)N2C(C(=O)[O-])=C(C[n+]3ccn4cccc4c3)CS[C@H]12)c1csc(N)n1. The average Bonchev–Trinajstić information content (AvgIpc) is 3.50. The summed E-state index contributed by atoms with van der Waals surface area (Å²) in [6.45, 7) is 2.21. The predicted molar refractivity (Wildman–Crippen MR) is 129 cm³/mol. The second kappa shape index (κ2) is 9.62. The Morgan fingerprint density at radius 2 is 2.25 bits per heavy atom. The lowest BCUT2D eigenvalue weighted by atomic mass is 10.0. The Hall–Kier alpha value is -3.91. The topological polar surface area (TPSA) is 158 Å². The number of hydrogen-bond donors (Lipinski definition) is 2. The van der Waals surface area contributed by atoms with Crippen LogP contribution < -0.4 is 20.7 Å². The maximum atomic E-state index is 13.0. The van der Waals surface area contributed by atoms with Gasteiger partial charge in [0.25, 0.3) is 11.8 Å². The van der Waals surface area contributed by atoms with Gasteiger partial charge in [-0.3, -0.25) is 14.5 Å². The third-order valence-corrected chi connectivity index (χ3v) is 7.71. The zero-order valence-corrected chi connectivity index (χ0v) is 20.6. The lowest BCUT2D eigenvalue weighted by molar-refractivity contribution is -0.688. The number of aliphatic carboxylic acids is 1. The first kappa shape index (κ1) is 23.8. The van der Waals surface area contributed by atoms with Crippen LogP contribution in [0.15, 0.2) is 58.7 Å². The van der Waals surface area contributed by atoms with Crippen molar-refractivity contribution in [3.63, 3.8) is 0 Å². The summed E-state index contributed by atoms with van der Waals surface area (Å²) in [7, 11) is 0. The van der Waals surface area contributed by atoms with Gasteiger partial charge in [-0.15, -0.1) is 23.1 Å². The van der Waals surface area contributed by atoms with Gasteiger partial charge in [0.05, 0.1) is 17.9 Å². The molecule has 0 unspecified atom stereocenters. The predicted octanol–water partition coefficient (Wildman–Crippen LogP) is -0.890. The molecular formula is C22H21N7O5S2. The van der Waals surface area contributed by atoms with Crippen LogP contribution in [0.4, 0.5) is 5.13 Å². The van der Waals surface area contributed by atoms with Crippen molar-refractivity contribution in [2.45, 2.75) is 24.9 Å². The number of amides is 2. The van der Waals surface area contributed by atoms with Gasteiger partial charge in [0, 0.05) is 22.9 Å². The fourth-order valence-corrected chi connectivity index (χ4v) is 5.96. The van der Waals surface area contributed by atoms with Gasteiger partial charge in [-0.25, -0.2) is 4.98 Å². The lowest BCUT2D eigenvalue weighted by Gasteiger charge is -2.50. The summed E-state index contributed by atoms with van der Waals surface area (Å²) >= 11 is 2.50. The number of carboxylic acid groups (broad SMARTS) is 1. The fraction of sp³-hybridized carbons (Fsp3) is 0.273. The molecular weight excluding hydrogens is 506 g/mol. The number of nitrogens with two attached hydrogens (primary N) is 1. The zero-order chi connectivity index (χ0) is 25.4. The molecule has 0 bridgehead atoms. The first-order valence-electron chi connectivity index (χ1n) is 10.9. The quantitative estimate of drug-likeness (QED) is 0.165. The molecule has 2 amide bonds. The number of anilines is 1. The second-order valence-electron chi connectivity index (χ2n) is 7.97. The molecule has 186 valence electrons. The summed E-state index contributed by atoms with van der Waals surface area (Å²) in [5, 5.41) is 19.8. The van der Waals surface area contributed by atoms with E-state index < -0.39 is 29.2 Å². The van der Waals surface area contributed by atoms with Gasteiger partial charge in [0.15, 0.2) is 29.8 Å². The highest BCUT2D eigenvalue weighted by Gasteiger charge is 2.53. The molecule has 0 aliphatic carbocycles. The van der Waals surface area contributed by atoms with Gasteiger partial charge in [-0.2, -0.15) is 4.57 Å². The van der Waals surface area contributed by atoms with Gasteiger partial charge in [-0.1, -0.05) is 5.16 Å². The van der Waals surface area contributed by atoms with E-state index in [4.69, 9.17) is 10.6 Å². The first-order chi connectivity index (χ1) is 17.4. The molecule has 2 aliphatic rings. The summed E-state index contributed by atoms with van der Waals surface area (Å²) in [4.78, 5) is 48.3. The number of aromatic nitrogens is 3. The number of carbonyl (C=O) groups excluding carboxylic acids is 3. The molecule has 0 spiro atoms. The van der Waals surface area contributed by atoms with Crippen LogP contribution >= 0.6 is 23.1 Å². The Bertz CT molecular complexity index is 1430. The van der Waals surface area contributed by atoms with Gasteiger partial charge in [0.2, 0.25) is 0 Å². The maximum absolute atomic E-state index is 13.0. The molecule has 3 aromatic rings. The first-order valence-corrected chi connectivity index (χ1v) is 12.9. The summed E-state index contributed by atoms with van der Waals surface area (Å²) in [6.07, 6.45) is 7.50. The molecule has 0 radical (unpaired) electrons. The molecule has 1 fully saturated rings. The smallest absolute Gasteiger partial charge is 0.276 e. The van der Waals surface area contributed by atoms with Crippen LogP contribution in [0, 0.1) is 0 Å². The number of carboxylic acids is 1. The largest absolute Gasteiger partial charge is 0.543 e. The van der Waals surface area contributed by atoms with Crippen molar-refractivity contribution in [3.8, 4) is 0 Å². The summed E-state index contributed by atoms with van der Waals surface area (Å²) in [6, 6.07) is 2.91. The number of oxime groups is 1. The highest BCUT2D eigenvalue weighted by molar-refractivity contribution is 8.00. The Morgan fingerprint density at radius 1 is 1.42 bits per heavy atom. The van der Waals surface area contributed by atoms with Crippen molar-refractivity contribution in [2.24, 2.45) is 5.16 Å². The Morgan fingerprint density at radius 3 is 2.97 bits per heavy atom. The number of nitrogens with zero attached hydrogens (tertiary/aromatic N) is 5. The number of thioether (sulfide) groups is 1. The molecule has 14 heteroatoms. The molecule has 3 aromatic heterocycles. The average molecular weight is 528 g/mol. The van der Waals surface area contributed by atoms with Gasteiger partial charge in [0.1, 0.15) is 29.2 Å². The van der Waals surface area contributed by atoms with Crippen LogP contribution in [-0.2, 0) is 25.8 Å². The van der Waals surface area contributed by atoms with E-state index in [-0.39, 0.29) is 35.4 Å². The number of fused-ring (bicyclic) bond motifs is 2. The zero-order valence-electron chi connectivity index (χ0n) is 19.0. The highest BCUT2D eigenvalue weighted by atomic mass is 32.2. The lowest BCUT2D eigenvalue weighted by Crippen LogP contribution is -2.71. The molecule has 5 heterocycles. The van der Waals surface area contributed by atoms with Crippen molar-refractivity contribution in [3.05, 3.63) is 59.3 Å². The van der Waals surface area contributed by atoms with E-state index in [1.165, 1.54) is 16.7 Å². The monoisotopic (exact) mass is 527 g/mol.